The maximum absolute atomic E-state index is 5.81. The molecule has 0 atom stereocenters. The van der Waals surface area contributed by atoms with Gasteiger partial charge in [-0.2, -0.15) is 0 Å². The van der Waals surface area contributed by atoms with E-state index in [0.29, 0.717) is 6.61 Å². The normalized spacial score (nSPS) is 10.8. The first-order chi connectivity index (χ1) is 11.4. The summed E-state index contributed by atoms with van der Waals surface area (Å²) in [6.07, 6.45) is 3.35. The molecular weight excluding hydrogens is 286 g/mol. The molecule has 0 aliphatic carbocycles. The monoisotopic (exact) mass is 301 g/mol. The van der Waals surface area contributed by atoms with Crippen molar-refractivity contribution < 1.29 is 4.74 Å². The Hall–Kier alpha value is -3.14. The van der Waals surface area contributed by atoms with Gasteiger partial charge in [0.1, 0.15) is 24.3 Å². The molecule has 112 valence electrons. The van der Waals surface area contributed by atoms with Crippen LogP contribution in [0, 0.1) is 0 Å². The lowest BCUT2D eigenvalue weighted by Crippen LogP contribution is -1.94. The molecule has 0 aliphatic heterocycles. The van der Waals surface area contributed by atoms with Gasteiger partial charge >= 0.3 is 0 Å². The van der Waals surface area contributed by atoms with Crippen LogP contribution in [-0.2, 0) is 6.61 Å². The second-order valence-electron chi connectivity index (χ2n) is 5.31. The average molecular weight is 301 g/mol. The van der Waals surface area contributed by atoms with Crippen LogP contribution in [0.5, 0.6) is 5.75 Å². The number of H-pyrrole nitrogens is 1. The van der Waals surface area contributed by atoms with Crippen LogP contribution in [0.4, 0.5) is 0 Å². The number of fused-ring (bicyclic) bond motifs is 1. The minimum atomic E-state index is 0.572. The Bertz CT molecular complexity index is 881. The molecule has 2 heterocycles. The van der Waals surface area contributed by atoms with Crippen molar-refractivity contribution in [2.24, 2.45) is 0 Å². The molecule has 0 spiro atoms. The van der Waals surface area contributed by atoms with Crippen molar-refractivity contribution in [2.75, 3.05) is 0 Å². The predicted molar refractivity (Wildman–Crippen MR) is 90.1 cm³/mol. The van der Waals surface area contributed by atoms with E-state index in [1.807, 2.05) is 42.5 Å². The molecule has 0 radical (unpaired) electrons. The van der Waals surface area contributed by atoms with E-state index < -0.39 is 0 Å². The number of rotatable bonds is 4. The topological polar surface area (TPSA) is 50.8 Å². The van der Waals surface area contributed by atoms with Crippen molar-refractivity contribution in [2.45, 2.75) is 6.61 Å². The molecule has 4 heteroatoms. The van der Waals surface area contributed by atoms with Gasteiger partial charge in [0.15, 0.2) is 0 Å². The van der Waals surface area contributed by atoms with Crippen LogP contribution in [-0.4, -0.2) is 15.0 Å². The maximum Gasteiger partial charge on any atom is 0.141 e. The van der Waals surface area contributed by atoms with E-state index in [1.54, 1.807) is 12.5 Å². The lowest BCUT2D eigenvalue weighted by atomic mass is 10.1. The Morgan fingerprint density at radius 2 is 1.78 bits per heavy atom. The van der Waals surface area contributed by atoms with Crippen molar-refractivity contribution in [3.8, 4) is 17.0 Å². The van der Waals surface area contributed by atoms with Gasteiger partial charge in [0.2, 0.25) is 0 Å². The first kappa shape index (κ1) is 13.5. The third-order valence-corrected chi connectivity index (χ3v) is 3.71. The highest BCUT2D eigenvalue weighted by Gasteiger charge is 2.04. The van der Waals surface area contributed by atoms with E-state index in [1.165, 1.54) is 0 Å². The molecule has 0 fully saturated rings. The van der Waals surface area contributed by atoms with Crippen molar-refractivity contribution in [3.05, 3.63) is 78.8 Å². The predicted octanol–water partition coefficient (Wildman–Crippen LogP) is 4.20. The molecule has 0 aliphatic rings. The van der Waals surface area contributed by atoms with E-state index in [2.05, 4.69) is 33.2 Å². The molecule has 2 aromatic carbocycles. The van der Waals surface area contributed by atoms with Crippen molar-refractivity contribution in [1.82, 2.24) is 15.0 Å². The van der Waals surface area contributed by atoms with Crippen molar-refractivity contribution in [3.63, 3.8) is 0 Å². The minimum Gasteiger partial charge on any atom is -0.489 e. The first-order valence-electron chi connectivity index (χ1n) is 7.44. The third kappa shape index (κ3) is 2.92. The zero-order chi connectivity index (χ0) is 15.5. The number of aromatic amines is 1. The standard InChI is InChI=1S/C19H15N3O/c1-2-4-14(5-3-1)12-23-17-8-6-15(7-9-17)18-10-16-11-20-13-21-19(16)22-18/h1-11,13H,12H2,(H,20,21,22). The summed E-state index contributed by atoms with van der Waals surface area (Å²) in [6.45, 7) is 0.572. The second-order valence-corrected chi connectivity index (χ2v) is 5.31. The number of aromatic nitrogens is 3. The average Bonchev–Trinajstić information content (AvgIpc) is 3.05. The Labute approximate surface area is 133 Å². The molecule has 4 nitrogen and oxygen atoms in total. The number of nitrogens with zero attached hydrogens (tertiary/aromatic N) is 2. The number of nitrogens with one attached hydrogen (secondary N) is 1. The van der Waals surface area contributed by atoms with Crippen molar-refractivity contribution in [1.29, 1.82) is 0 Å². The van der Waals surface area contributed by atoms with Gasteiger partial charge in [-0.3, -0.25) is 0 Å². The Balaban J connectivity index is 1.51. The molecule has 0 bridgehead atoms. The van der Waals surface area contributed by atoms with E-state index in [9.17, 15) is 0 Å². The van der Waals surface area contributed by atoms with Gasteiger partial charge in [0.25, 0.3) is 0 Å². The van der Waals surface area contributed by atoms with Crippen LogP contribution in [0.15, 0.2) is 73.2 Å². The molecule has 0 amide bonds. The number of hydrogen-bond acceptors (Lipinski definition) is 3. The summed E-state index contributed by atoms with van der Waals surface area (Å²) in [7, 11) is 0. The lowest BCUT2D eigenvalue weighted by Gasteiger charge is -2.07. The largest absolute Gasteiger partial charge is 0.489 e. The van der Waals surface area contributed by atoms with Crippen LogP contribution in [0.3, 0.4) is 0 Å². The second kappa shape index (κ2) is 5.93. The van der Waals surface area contributed by atoms with Gasteiger partial charge in [-0.05, 0) is 41.5 Å². The molecule has 4 rings (SSSR count). The van der Waals surface area contributed by atoms with Gasteiger partial charge < -0.3 is 9.72 Å². The maximum atomic E-state index is 5.81. The number of benzene rings is 2. The van der Waals surface area contributed by atoms with Gasteiger partial charge in [-0.25, -0.2) is 9.97 Å². The molecular formula is C19H15N3O. The smallest absolute Gasteiger partial charge is 0.141 e. The Kier molecular flexibility index (Phi) is 3.48. The summed E-state index contributed by atoms with van der Waals surface area (Å²) in [6, 6.07) is 20.2. The van der Waals surface area contributed by atoms with E-state index in [0.717, 1.165) is 33.6 Å². The fourth-order valence-electron chi connectivity index (χ4n) is 2.50. The van der Waals surface area contributed by atoms with E-state index in [-0.39, 0.29) is 0 Å². The summed E-state index contributed by atoms with van der Waals surface area (Å²) in [5.41, 5.74) is 4.12. The van der Waals surface area contributed by atoms with Crippen LogP contribution < -0.4 is 4.74 Å². The molecule has 2 aromatic heterocycles. The van der Waals surface area contributed by atoms with Gasteiger partial charge in [0.05, 0.1) is 0 Å². The quantitative estimate of drug-likeness (QED) is 0.614. The zero-order valence-corrected chi connectivity index (χ0v) is 12.4. The van der Waals surface area contributed by atoms with Gasteiger partial charge in [-0.1, -0.05) is 30.3 Å². The lowest BCUT2D eigenvalue weighted by molar-refractivity contribution is 0.306. The fraction of sp³-hybridized carbons (Fsp3) is 0.0526. The number of hydrogen-bond donors (Lipinski definition) is 1. The SMILES string of the molecule is c1ccc(COc2ccc(-c3cc4cncnc4[nH]3)cc2)cc1. The number of ether oxygens (including phenoxy) is 1. The first-order valence-corrected chi connectivity index (χ1v) is 7.44. The highest BCUT2D eigenvalue weighted by Crippen LogP contribution is 2.24. The molecule has 0 saturated heterocycles. The Morgan fingerprint density at radius 1 is 0.957 bits per heavy atom. The molecule has 0 unspecified atom stereocenters. The van der Waals surface area contributed by atoms with Crippen LogP contribution >= 0.6 is 0 Å². The molecule has 0 saturated carbocycles. The van der Waals surface area contributed by atoms with E-state index in [4.69, 9.17) is 4.74 Å². The summed E-state index contributed by atoms with van der Waals surface area (Å²) >= 11 is 0. The fourth-order valence-corrected chi connectivity index (χ4v) is 2.50. The summed E-state index contributed by atoms with van der Waals surface area (Å²) in [4.78, 5) is 11.5. The highest BCUT2D eigenvalue weighted by molar-refractivity contribution is 5.82. The highest BCUT2D eigenvalue weighted by atomic mass is 16.5. The van der Waals surface area contributed by atoms with Gasteiger partial charge in [-0.15, -0.1) is 0 Å². The van der Waals surface area contributed by atoms with Crippen LogP contribution in [0.2, 0.25) is 0 Å². The molecule has 1 N–H and O–H groups in total. The minimum absolute atomic E-state index is 0.572. The summed E-state index contributed by atoms with van der Waals surface area (Å²) < 4.78 is 5.81. The Morgan fingerprint density at radius 3 is 2.57 bits per heavy atom. The van der Waals surface area contributed by atoms with Crippen molar-refractivity contribution >= 4 is 11.0 Å². The van der Waals surface area contributed by atoms with E-state index >= 15 is 0 Å². The summed E-state index contributed by atoms with van der Waals surface area (Å²) in [5, 5.41) is 1.01. The zero-order valence-electron chi connectivity index (χ0n) is 12.4. The van der Waals surface area contributed by atoms with Crippen LogP contribution in [0.1, 0.15) is 5.56 Å². The van der Waals surface area contributed by atoms with Gasteiger partial charge in [0, 0.05) is 17.3 Å². The summed E-state index contributed by atoms with van der Waals surface area (Å²) in [5.74, 6) is 0.855. The third-order valence-electron chi connectivity index (χ3n) is 3.71. The molecule has 4 aromatic rings. The van der Waals surface area contributed by atoms with Crippen LogP contribution in [0.25, 0.3) is 22.3 Å². The molecule has 23 heavy (non-hydrogen) atoms.